The molecule has 1 unspecified atom stereocenters. The van der Waals surface area contributed by atoms with E-state index in [1.54, 1.807) is 43.7 Å². The Labute approximate surface area is 309 Å². The maximum atomic E-state index is 13.5. The number of esters is 1. The predicted molar refractivity (Wildman–Crippen MR) is 205 cm³/mol. The fraction of sp³-hybridized carbons (Fsp3) is 0.390. The lowest BCUT2D eigenvalue weighted by Crippen LogP contribution is -2.42. The quantitative estimate of drug-likeness (QED) is 0.0639. The zero-order chi connectivity index (χ0) is 36.9. The van der Waals surface area contributed by atoms with Crippen LogP contribution in [0.25, 0.3) is 17.2 Å². The number of aryl methyl sites for hydroxylation is 1. The van der Waals surface area contributed by atoms with Crippen LogP contribution in [0.5, 0.6) is 5.75 Å². The Hall–Kier alpha value is -4.58. The summed E-state index contributed by atoms with van der Waals surface area (Å²) in [5.74, 6) is 0.422. The molecule has 3 atom stereocenters. The van der Waals surface area contributed by atoms with Gasteiger partial charge >= 0.3 is 5.97 Å². The summed E-state index contributed by atoms with van der Waals surface area (Å²) in [6, 6.07) is 23.1. The number of aromatic nitrogens is 2. The van der Waals surface area contributed by atoms with E-state index in [1.165, 1.54) is 6.92 Å². The molecule has 1 aliphatic rings. The Bertz CT molecular complexity index is 1820. The average molecular weight is 727 g/mol. The van der Waals surface area contributed by atoms with Crippen LogP contribution in [0.15, 0.2) is 95.8 Å². The van der Waals surface area contributed by atoms with Crippen LogP contribution < -0.4 is 10.1 Å². The molecule has 52 heavy (non-hydrogen) atoms. The van der Waals surface area contributed by atoms with Crippen LogP contribution in [-0.2, 0) is 42.2 Å². The molecule has 0 saturated carbocycles. The minimum Gasteiger partial charge on any atom is -0.472 e. The SMILES string of the molecule is CCCCOC[C@H](Oc1ccc(-c2ccccc2)cc1/C=C(\C)C(=O)Nc1ccc(S(=O)Cc2cncn2CCC)cc1)N1CC[C@H](OC(C)=O)C1. The van der Waals surface area contributed by atoms with Gasteiger partial charge < -0.3 is 24.1 Å². The number of hydrogen-bond donors (Lipinski definition) is 1. The minimum absolute atomic E-state index is 0.200. The van der Waals surface area contributed by atoms with Crippen molar-refractivity contribution in [3.63, 3.8) is 0 Å². The van der Waals surface area contributed by atoms with Gasteiger partial charge in [-0.05, 0) is 79.8 Å². The van der Waals surface area contributed by atoms with E-state index in [0.29, 0.717) is 54.0 Å². The van der Waals surface area contributed by atoms with E-state index in [0.717, 1.165) is 54.6 Å². The Morgan fingerprint density at radius 2 is 1.81 bits per heavy atom. The highest BCUT2D eigenvalue weighted by Gasteiger charge is 2.32. The Morgan fingerprint density at radius 3 is 2.54 bits per heavy atom. The molecule has 3 aromatic carbocycles. The van der Waals surface area contributed by atoms with Gasteiger partial charge in [-0.1, -0.05) is 56.7 Å². The second kappa shape index (κ2) is 19.3. The molecule has 10 nitrogen and oxygen atoms in total. The predicted octanol–water partition coefficient (Wildman–Crippen LogP) is 7.47. The second-order valence-electron chi connectivity index (χ2n) is 13.0. The molecule has 1 fully saturated rings. The van der Waals surface area contributed by atoms with Crippen LogP contribution in [0.3, 0.4) is 0 Å². The Kier molecular flexibility index (Phi) is 14.4. The Balaban J connectivity index is 1.34. The van der Waals surface area contributed by atoms with Crippen LogP contribution in [-0.4, -0.2) is 69.2 Å². The van der Waals surface area contributed by atoms with E-state index in [2.05, 4.69) is 29.0 Å². The van der Waals surface area contributed by atoms with Gasteiger partial charge in [0.2, 0.25) is 0 Å². The summed E-state index contributed by atoms with van der Waals surface area (Å²) in [5.41, 5.74) is 4.79. The summed E-state index contributed by atoms with van der Waals surface area (Å²) in [7, 11) is -1.25. The number of rotatable bonds is 18. The third-order valence-electron chi connectivity index (χ3n) is 8.85. The number of hydrogen-bond acceptors (Lipinski definition) is 8. The number of carbonyl (C=O) groups is 2. The molecular formula is C41H50N4O6S. The van der Waals surface area contributed by atoms with Crippen molar-refractivity contribution in [2.75, 3.05) is 31.6 Å². The van der Waals surface area contributed by atoms with Gasteiger partial charge in [0.05, 0.1) is 35.2 Å². The van der Waals surface area contributed by atoms with Gasteiger partial charge in [-0.2, -0.15) is 0 Å². The maximum Gasteiger partial charge on any atom is 0.302 e. The van der Waals surface area contributed by atoms with Crippen LogP contribution in [0, 0.1) is 0 Å². The molecule has 1 aliphatic heterocycles. The molecule has 0 bridgehead atoms. The van der Waals surface area contributed by atoms with Crippen molar-refractivity contribution < 1.29 is 28.0 Å². The molecular weight excluding hydrogens is 677 g/mol. The molecule has 0 spiro atoms. The lowest BCUT2D eigenvalue weighted by Gasteiger charge is -2.29. The fourth-order valence-electron chi connectivity index (χ4n) is 6.06. The molecule has 1 saturated heterocycles. The Morgan fingerprint density at radius 1 is 1.02 bits per heavy atom. The van der Waals surface area contributed by atoms with E-state index < -0.39 is 17.0 Å². The van der Waals surface area contributed by atoms with Crippen molar-refractivity contribution >= 4 is 34.4 Å². The lowest BCUT2D eigenvalue weighted by molar-refractivity contribution is -0.146. The highest BCUT2D eigenvalue weighted by atomic mass is 32.2. The molecule has 4 aromatic rings. The topological polar surface area (TPSA) is 112 Å². The number of likely N-dealkylation sites (tertiary alicyclic amines) is 1. The second-order valence-corrected chi connectivity index (χ2v) is 14.5. The maximum absolute atomic E-state index is 13.5. The fourth-order valence-corrected chi connectivity index (χ4v) is 7.18. The number of benzene rings is 3. The van der Waals surface area contributed by atoms with E-state index in [9.17, 15) is 13.8 Å². The zero-order valence-corrected chi connectivity index (χ0v) is 31.4. The molecule has 11 heteroatoms. The van der Waals surface area contributed by atoms with E-state index in [4.69, 9.17) is 14.2 Å². The third kappa shape index (κ3) is 11.0. The molecule has 5 rings (SSSR count). The van der Waals surface area contributed by atoms with Gasteiger partial charge in [-0.25, -0.2) is 4.98 Å². The molecule has 1 N–H and O–H groups in total. The number of anilines is 1. The molecule has 276 valence electrons. The zero-order valence-electron chi connectivity index (χ0n) is 30.6. The summed E-state index contributed by atoms with van der Waals surface area (Å²) in [4.78, 5) is 32.2. The highest BCUT2D eigenvalue weighted by molar-refractivity contribution is 7.84. The van der Waals surface area contributed by atoms with Crippen molar-refractivity contribution in [1.82, 2.24) is 14.5 Å². The number of unbranched alkanes of at least 4 members (excludes halogenated alkanes) is 1. The monoisotopic (exact) mass is 726 g/mol. The van der Waals surface area contributed by atoms with E-state index in [-0.39, 0.29) is 18.0 Å². The first-order valence-electron chi connectivity index (χ1n) is 18.1. The normalized spacial score (nSPS) is 16.0. The molecule has 0 aliphatic carbocycles. The van der Waals surface area contributed by atoms with Crippen molar-refractivity contribution in [3.8, 4) is 16.9 Å². The van der Waals surface area contributed by atoms with Crippen LogP contribution in [0.2, 0.25) is 0 Å². The van der Waals surface area contributed by atoms with Crippen molar-refractivity contribution in [1.29, 1.82) is 0 Å². The summed E-state index contributed by atoms with van der Waals surface area (Å²) < 4.78 is 33.4. The largest absolute Gasteiger partial charge is 0.472 e. The van der Waals surface area contributed by atoms with Crippen molar-refractivity contribution in [3.05, 3.63) is 102 Å². The van der Waals surface area contributed by atoms with E-state index in [1.807, 2.05) is 59.2 Å². The number of nitrogens with one attached hydrogen (secondary N) is 1. The number of ether oxygens (including phenoxy) is 3. The standard InChI is InChI=1S/C41H50N4O6S/c1-5-7-22-49-27-40(44-21-19-37(26-44)50-31(4)46)51-39-18-13-33(32-11-9-8-10-12-32)24-34(39)23-30(3)41(47)43-35-14-16-38(17-15-35)52(48)28-36-25-42-29-45(36)20-6-2/h8-18,23-25,29,37,40H,5-7,19-22,26-28H2,1-4H3,(H,43,47)/b30-23+/t37-,40-,52?/m0/s1. The molecule has 1 aromatic heterocycles. The van der Waals surface area contributed by atoms with Crippen molar-refractivity contribution in [2.24, 2.45) is 0 Å². The smallest absolute Gasteiger partial charge is 0.302 e. The van der Waals surface area contributed by atoms with Crippen molar-refractivity contribution in [2.45, 2.75) is 82.9 Å². The summed E-state index contributed by atoms with van der Waals surface area (Å²) in [6.45, 7) is 10.5. The first kappa shape index (κ1) is 38.6. The molecule has 1 amide bonds. The number of carbonyl (C=O) groups excluding carboxylic acids is 2. The first-order valence-corrected chi connectivity index (χ1v) is 19.4. The van der Waals surface area contributed by atoms with Crippen LogP contribution >= 0.6 is 0 Å². The highest BCUT2D eigenvalue weighted by Crippen LogP contribution is 2.31. The third-order valence-corrected chi connectivity index (χ3v) is 10.2. The van der Waals surface area contributed by atoms with E-state index >= 15 is 0 Å². The van der Waals surface area contributed by atoms with Gasteiger partial charge in [0.25, 0.3) is 5.91 Å². The summed E-state index contributed by atoms with van der Waals surface area (Å²) in [5, 5.41) is 2.98. The first-order chi connectivity index (χ1) is 25.2. The summed E-state index contributed by atoms with van der Waals surface area (Å²) >= 11 is 0. The van der Waals surface area contributed by atoms with Gasteiger partial charge in [-0.15, -0.1) is 0 Å². The molecule has 0 radical (unpaired) electrons. The van der Waals surface area contributed by atoms with Crippen LogP contribution in [0.4, 0.5) is 5.69 Å². The van der Waals surface area contributed by atoms with Gasteiger partial charge in [-0.3, -0.25) is 18.7 Å². The number of nitrogens with zero attached hydrogens (tertiary/aromatic N) is 3. The lowest BCUT2D eigenvalue weighted by atomic mass is 10.0. The number of imidazole rings is 1. The average Bonchev–Trinajstić information content (AvgIpc) is 3.79. The van der Waals surface area contributed by atoms with Gasteiger partial charge in [0, 0.05) is 61.1 Å². The van der Waals surface area contributed by atoms with Gasteiger partial charge in [0.15, 0.2) is 6.23 Å². The summed E-state index contributed by atoms with van der Waals surface area (Å²) in [6.07, 6.45) is 8.41. The van der Waals surface area contributed by atoms with Crippen LogP contribution in [0.1, 0.15) is 64.6 Å². The molecule has 2 heterocycles. The van der Waals surface area contributed by atoms with Gasteiger partial charge in [0.1, 0.15) is 11.9 Å². The minimum atomic E-state index is -1.25. The number of amides is 1.